The molecule has 120 valence electrons. The van der Waals surface area contributed by atoms with Crippen molar-refractivity contribution in [2.75, 3.05) is 6.54 Å². The average molecular weight is 304 g/mol. The average Bonchev–Trinajstić information content (AvgIpc) is 2.48. The summed E-state index contributed by atoms with van der Waals surface area (Å²) >= 11 is 0. The van der Waals surface area contributed by atoms with Crippen LogP contribution >= 0.6 is 0 Å². The number of nitrogens with one attached hydrogen (secondary N) is 1. The Morgan fingerprint density at radius 3 is 2.68 bits per heavy atom. The zero-order valence-corrected chi connectivity index (χ0v) is 13.2. The second kappa shape index (κ2) is 6.78. The summed E-state index contributed by atoms with van der Waals surface area (Å²) in [4.78, 5) is 14.9. The Balaban J connectivity index is 1.63. The van der Waals surface area contributed by atoms with Crippen LogP contribution in [0.2, 0.25) is 0 Å². The maximum atomic E-state index is 13.2. The summed E-state index contributed by atoms with van der Waals surface area (Å²) < 4.78 is 13.2. The van der Waals surface area contributed by atoms with Crippen LogP contribution in [0.25, 0.3) is 0 Å². The lowest BCUT2D eigenvalue weighted by Crippen LogP contribution is -2.57. The smallest absolute Gasteiger partial charge is 0.251 e. The molecule has 4 heteroatoms. The molecule has 1 aromatic carbocycles. The molecule has 0 aromatic heterocycles. The minimum absolute atomic E-state index is 0.147. The van der Waals surface area contributed by atoms with Crippen molar-refractivity contribution in [3.8, 4) is 0 Å². The largest absolute Gasteiger partial charge is 0.349 e. The fourth-order valence-corrected chi connectivity index (χ4v) is 4.12. The van der Waals surface area contributed by atoms with Gasteiger partial charge in [-0.05, 0) is 56.8 Å². The standard InChI is InChI=1S/C18H25FN2O/c1-2-9-21-16-7-4-8-17(21)12-15(11-16)20-18(22)13-5-3-6-14(19)10-13/h3,5-6,10,15-17H,2,4,7-9,11-12H2,1H3,(H,20,22). The first-order valence-corrected chi connectivity index (χ1v) is 8.49. The van der Waals surface area contributed by atoms with E-state index in [1.54, 1.807) is 12.1 Å². The van der Waals surface area contributed by atoms with E-state index in [4.69, 9.17) is 0 Å². The summed E-state index contributed by atoms with van der Waals surface area (Å²) in [7, 11) is 0. The monoisotopic (exact) mass is 304 g/mol. The minimum atomic E-state index is -0.359. The van der Waals surface area contributed by atoms with Crippen LogP contribution in [-0.4, -0.2) is 35.5 Å². The number of hydrogen-bond acceptors (Lipinski definition) is 2. The van der Waals surface area contributed by atoms with Crippen LogP contribution in [0.15, 0.2) is 24.3 Å². The first-order valence-electron chi connectivity index (χ1n) is 8.49. The molecule has 2 aliphatic rings. The van der Waals surface area contributed by atoms with Crippen LogP contribution in [0.3, 0.4) is 0 Å². The number of carbonyl (C=O) groups is 1. The van der Waals surface area contributed by atoms with Gasteiger partial charge in [-0.1, -0.05) is 19.4 Å². The molecule has 2 saturated heterocycles. The van der Waals surface area contributed by atoms with Crippen LogP contribution in [0.4, 0.5) is 4.39 Å². The number of benzene rings is 1. The van der Waals surface area contributed by atoms with Crippen LogP contribution in [-0.2, 0) is 0 Å². The van der Waals surface area contributed by atoms with Gasteiger partial charge in [0.15, 0.2) is 0 Å². The van der Waals surface area contributed by atoms with Gasteiger partial charge in [0.1, 0.15) is 5.82 Å². The molecule has 3 rings (SSSR count). The van der Waals surface area contributed by atoms with Gasteiger partial charge in [0.25, 0.3) is 5.91 Å². The molecule has 2 atom stereocenters. The Bertz CT molecular complexity index is 520. The maximum Gasteiger partial charge on any atom is 0.251 e. The summed E-state index contributed by atoms with van der Waals surface area (Å²) in [5.74, 6) is -0.506. The van der Waals surface area contributed by atoms with Gasteiger partial charge in [-0.2, -0.15) is 0 Å². The first-order chi connectivity index (χ1) is 10.7. The molecule has 2 heterocycles. The second-order valence-electron chi connectivity index (χ2n) is 6.63. The molecule has 1 N–H and O–H groups in total. The van der Waals surface area contributed by atoms with Crippen LogP contribution < -0.4 is 5.32 Å². The van der Waals surface area contributed by atoms with Gasteiger partial charge in [0, 0.05) is 23.7 Å². The molecule has 0 radical (unpaired) electrons. The van der Waals surface area contributed by atoms with E-state index >= 15 is 0 Å². The van der Waals surface area contributed by atoms with Crippen LogP contribution in [0.1, 0.15) is 55.8 Å². The number of nitrogens with zero attached hydrogens (tertiary/aromatic N) is 1. The fraction of sp³-hybridized carbons (Fsp3) is 0.611. The van der Waals surface area contributed by atoms with Crippen molar-refractivity contribution >= 4 is 5.91 Å². The predicted molar refractivity (Wildman–Crippen MR) is 85.3 cm³/mol. The number of halogens is 1. The number of piperidine rings is 2. The molecule has 0 aliphatic carbocycles. The highest BCUT2D eigenvalue weighted by Gasteiger charge is 2.38. The van der Waals surface area contributed by atoms with E-state index in [1.165, 1.54) is 44.4 Å². The quantitative estimate of drug-likeness (QED) is 0.925. The number of amides is 1. The van der Waals surface area contributed by atoms with E-state index < -0.39 is 0 Å². The van der Waals surface area contributed by atoms with Gasteiger partial charge >= 0.3 is 0 Å². The van der Waals surface area contributed by atoms with E-state index in [1.807, 2.05) is 0 Å². The van der Waals surface area contributed by atoms with E-state index in [0.29, 0.717) is 17.6 Å². The van der Waals surface area contributed by atoms with Crippen molar-refractivity contribution in [2.45, 2.75) is 63.6 Å². The molecular weight excluding hydrogens is 279 g/mol. The number of hydrogen-bond donors (Lipinski definition) is 1. The molecule has 3 nitrogen and oxygen atoms in total. The minimum Gasteiger partial charge on any atom is -0.349 e. The molecule has 2 fully saturated rings. The summed E-state index contributed by atoms with van der Waals surface area (Å²) in [5.41, 5.74) is 0.418. The lowest BCUT2D eigenvalue weighted by atomic mass is 9.81. The van der Waals surface area contributed by atoms with Crippen LogP contribution in [0.5, 0.6) is 0 Å². The molecule has 2 unspecified atom stereocenters. The van der Waals surface area contributed by atoms with Gasteiger partial charge in [0.05, 0.1) is 0 Å². The van der Waals surface area contributed by atoms with E-state index in [-0.39, 0.29) is 17.8 Å². The summed E-state index contributed by atoms with van der Waals surface area (Å²) in [6, 6.07) is 7.36. The zero-order chi connectivity index (χ0) is 15.5. The zero-order valence-electron chi connectivity index (χ0n) is 13.2. The molecular formula is C18H25FN2O. The summed E-state index contributed by atoms with van der Waals surface area (Å²) in [6.45, 7) is 3.40. The van der Waals surface area contributed by atoms with Crippen molar-refractivity contribution in [1.82, 2.24) is 10.2 Å². The topological polar surface area (TPSA) is 32.3 Å². The van der Waals surface area contributed by atoms with Crippen LogP contribution in [0, 0.1) is 5.82 Å². The Morgan fingerprint density at radius 1 is 1.32 bits per heavy atom. The van der Waals surface area contributed by atoms with Crippen molar-refractivity contribution in [3.05, 3.63) is 35.6 Å². The van der Waals surface area contributed by atoms with Gasteiger partial charge in [-0.25, -0.2) is 4.39 Å². The normalized spacial score (nSPS) is 28.4. The number of fused-ring (bicyclic) bond motifs is 2. The third kappa shape index (κ3) is 3.32. The molecule has 2 bridgehead atoms. The maximum absolute atomic E-state index is 13.2. The fourth-order valence-electron chi connectivity index (χ4n) is 4.12. The molecule has 1 aromatic rings. The molecule has 0 spiro atoms. The molecule has 22 heavy (non-hydrogen) atoms. The lowest BCUT2D eigenvalue weighted by Gasteiger charge is -2.49. The highest BCUT2D eigenvalue weighted by molar-refractivity contribution is 5.94. The number of rotatable bonds is 4. The molecule has 2 aliphatic heterocycles. The Labute approximate surface area is 131 Å². The van der Waals surface area contributed by atoms with E-state index in [0.717, 1.165) is 12.8 Å². The van der Waals surface area contributed by atoms with Gasteiger partial charge < -0.3 is 5.32 Å². The van der Waals surface area contributed by atoms with Gasteiger partial charge in [-0.3, -0.25) is 9.69 Å². The van der Waals surface area contributed by atoms with Gasteiger partial charge in [0.2, 0.25) is 0 Å². The summed E-state index contributed by atoms with van der Waals surface area (Å²) in [6.07, 6.45) is 7.02. The highest BCUT2D eigenvalue weighted by atomic mass is 19.1. The first kappa shape index (κ1) is 15.5. The van der Waals surface area contributed by atoms with Crippen molar-refractivity contribution < 1.29 is 9.18 Å². The molecule has 1 amide bonds. The van der Waals surface area contributed by atoms with E-state index in [2.05, 4.69) is 17.1 Å². The number of carbonyl (C=O) groups excluding carboxylic acids is 1. The van der Waals surface area contributed by atoms with Crippen molar-refractivity contribution in [3.63, 3.8) is 0 Å². The third-order valence-electron chi connectivity index (χ3n) is 5.03. The van der Waals surface area contributed by atoms with E-state index in [9.17, 15) is 9.18 Å². The second-order valence-corrected chi connectivity index (χ2v) is 6.63. The Hall–Kier alpha value is -1.42. The van der Waals surface area contributed by atoms with Crippen molar-refractivity contribution in [2.24, 2.45) is 0 Å². The molecule has 0 saturated carbocycles. The van der Waals surface area contributed by atoms with Gasteiger partial charge in [-0.15, -0.1) is 0 Å². The Kier molecular flexibility index (Phi) is 4.77. The third-order valence-corrected chi connectivity index (χ3v) is 5.03. The summed E-state index contributed by atoms with van der Waals surface area (Å²) in [5, 5.41) is 3.12. The predicted octanol–water partition coefficient (Wildman–Crippen LogP) is 3.35. The Morgan fingerprint density at radius 2 is 2.05 bits per heavy atom. The lowest BCUT2D eigenvalue weighted by molar-refractivity contribution is 0.0245. The van der Waals surface area contributed by atoms with Crippen molar-refractivity contribution in [1.29, 1.82) is 0 Å². The highest BCUT2D eigenvalue weighted by Crippen LogP contribution is 2.34. The SMILES string of the molecule is CCCN1C2CCCC1CC(NC(=O)c1cccc(F)c1)C2.